The first-order valence-electron chi connectivity index (χ1n) is 24.9. The van der Waals surface area contributed by atoms with E-state index >= 15 is 0 Å². The number of rotatable bonds is 6. The van der Waals surface area contributed by atoms with E-state index in [2.05, 4.69) is 123 Å². The zero-order valence-corrected chi connectivity index (χ0v) is 51.8. The molecule has 0 amide bonds. The molecule has 0 bridgehead atoms. The number of aliphatic hydroxyl groups is 2. The predicted octanol–water partition coefficient (Wildman–Crippen LogP) is 17.7. The Morgan fingerprint density at radius 1 is 0.519 bits per heavy atom. The van der Waals surface area contributed by atoms with E-state index in [1.54, 1.807) is 11.3 Å². The van der Waals surface area contributed by atoms with Gasteiger partial charge in [-0.1, -0.05) is 81.1 Å². The number of pyridine rings is 4. The zero-order valence-electron chi connectivity index (χ0n) is 45.4. The van der Waals surface area contributed by atoms with Crippen LogP contribution in [0, 0.1) is 60.6 Å². The Balaban J connectivity index is 0.000000181. The molecule has 0 saturated heterocycles. The maximum Gasteiger partial charge on any atom is 0.216 e. The number of ketones is 2. The molecule has 0 spiro atoms. The predicted molar refractivity (Wildman–Crippen MR) is 316 cm³/mol. The molecule has 0 aliphatic carbocycles. The Hall–Kier alpha value is -7.28. The van der Waals surface area contributed by atoms with Crippen LogP contribution in [0.1, 0.15) is 66.9 Å². The van der Waals surface area contributed by atoms with Crippen molar-refractivity contribution < 1.29 is 68.8 Å². The summed E-state index contributed by atoms with van der Waals surface area (Å²) in [6.45, 7) is 20.5. The van der Waals surface area contributed by atoms with Crippen LogP contribution in [0.3, 0.4) is 0 Å². The number of furan rings is 2. The van der Waals surface area contributed by atoms with Crippen molar-refractivity contribution in [1.29, 1.82) is 0 Å². The number of aromatic nitrogens is 4. The fraction of sp³-hybridized carbons (Fsp3) is 0.169. The van der Waals surface area contributed by atoms with Crippen molar-refractivity contribution >= 4 is 98.6 Å². The van der Waals surface area contributed by atoms with Crippen molar-refractivity contribution in [2.45, 2.75) is 76.2 Å². The van der Waals surface area contributed by atoms with Crippen LogP contribution in [0.2, 0.25) is 0 Å². The van der Waals surface area contributed by atoms with E-state index in [0.717, 1.165) is 77.4 Å². The molecule has 0 aliphatic rings. The third-order valence-corrected chi connectivity index (χ3v) is 14.7. The summed E-state index contributed by atoms with van der Waals surface area (Å²) < 4.78 is 14.7. The van der Waals surface area contributed by atoms with E-state index in [-0.39, 0.29) is 63.3 Å². The molecule has 12 rings (SSSR count). The maximum atomic E-state index is 10.0. The third-order valence-electron chi connectivity index (χ3n) is 12.4. The van der Waals surface area contributed by atoms with Gasteiger partial charge in [-0.15, -0.1) is 59.1 Å². The van der Waals surface area contributed by atoms with Crippen molar-refractivity contribution in [1.82, 2.24) is 19.9 Å². The number of carbonyl (C=O) groups is 2. The van der Waals surface area contributed by atoms with Crippen LogP contribution in [0.4, 0.5) is 0 Å². The third kappa shape index (κ3) is 13.6. The average Bonchev–Trinajstić information content (AvgIpc) is 4.36. The Morgan fingerprint density at radius 3 is 1.35 bits per heavy atom. The first kappa shape index (κ1) is 59.4. The first-order valence-corrected chi connectivity index (χ1v) is 26.6. The Morgan fingerprint density at radius 2 is 0.937 bits per heavy atom. The van der Waals surface area contributed by atoms with Crippen LogP contribution in [0.25, 0.3) is 108 Å². The van der Waals surface area contributed by atoms with E-state index in [0.29, 0.717) is 11.4 Å². The average molecular weight is 1440 g/mol. The van der Waals surface area contributed by atoms with Gasteiger partial charge in [-0.05, 0) is 146 Å². The van der Waals surface area contributed by atoms with Crippen molar-refractivity contribution in [3.8, 4) is 43.4 Å². The summed E-state index contributed by atoms with van der Waals surface area (Å²) in [5, 5.41) is 23.2. The quantitative estimate of drug-likeness (QED) is 0.0935. The molecule has 2 radical (unpaired) electrons. The molecule has 0 atom stereocenters. The number of allylic oxidation sites excluding steroid dienone is 4. The smallest absolute Gasteiger partial charge is 0.216 e. The van der Waals surface area contributed by atoms with Gasteiger partial charge in [0.2, 0.25) is 11.4 Å². The first-order chi connectivity index (χ1) is 36.8. The van der Waals surface area contributed by atoms with Crippen LogP contribution in [0.15, 0.2) is 148 Å². The molecule has 10 nitrogen and oxygen atoms in total. The molecule has 8 heterocycles. The number of aryl methyl sites for hydroxylation is 7. The van der Waals surface area contributed by atoms with E-state index in [9.17, 15) is 9.59 Å². The number of carbonyl (C=O) groups excluding carboxylic acids is 2. The van der Waals surface area contributed by atoms with Gasteiger partial charge in [0.05, 0.1) is 22.7 Å². The van der Waals surface area contributed by atoms with Crippen molar-refractivity contribution in [2.75, 3.05) is 0 Å². The van der Waals surface area contributed by atoms with Crippen molar-refractivity contribution in [3.05, 3.63) is 191 Å². The number of aliphatic hydroxyl groups excluding tert-OH is 2. The fourth-order valence-electron chi connectivity index (χ4n) is 9.49. The number of hydrogen-bond acceptors (Lipinski definition) is 12. The topological polar surface area (TPSA) is 152 Å². The minimum atomic E-state index is -0.125. The number of benzene rings is 4. The molecule has 0 aliphatic heterocycles. The molecule has 8 aromatic heterocycles. The fourth-order valence-corrected chi connectivity index (χ4v) is 11.8. The van der Waals surface area contributed by atoms with Gasteiger partial charge in [0.25, 0.3) is 0 Å². The summed E-state index contributed by atoms with van der Waals surface area (Å²) in [5.74, 6) is -0.125. The summed E-state index contributed by atoms with van der Waals surface area (Å²) >= 11 is 3.60. The van der Waals surface area contributed by atoms with Gasteiger partial charge in [0.1, 0.15) is 0 Å². The minimum absolute atomic E-state index is 0. The van der Waals surface area contributed by atoms with E-state index in [1.165, 1.54) is 97.9 Å². The molecule has 79 heavy (non-hydrogen) atoms. The van der Waals surface area contributed by atoms with Gasteiger partial charge >= 0.3 is 0 Å². The Bertz CT molecular complexity index is 4260. The summed E-state index contributed by atoms with van der Waals surface area (Å²) in [6.07, 6.45) is 6.24. The van der Waals surface area contributed by atoms with Gasteiger partial charge < -0.3 is 29.0 Å². The van der Waals surface area contributed by atoms with Gasteiger partial charge in [-0.3, -0.25) is 9.59 Å². The molecule has 4 aromatic carbocycles. The van der Waals surface area contributed by atoms with Gasteiger partial charge in [0, 0.05) is 117 Å². The maximum absolute atomic E-state index is 10.0. The van der Waals surface area contributed by atoms with Crippen molar-refractivity contribution in [3.63, 3.8) is 0 Å². The zero-order chi connectivity index (χ0) is 54.8. The van der Waals surface area contributed by atoms with Crippen LogP contribution < -0.4 is 0 Å². The number of nitrogens with zero attached hydrogens (tertiary/aromatic N) is 4. The van der Waals surface area contributed by atoms with Crippen molar-refractivity contribution in [2.24, 2.45) is 0 Å². The minimum Gasteiger partial charge on any atom is -0.512 e. The van der Waals surface area contributed by atoms with Crippen LogP contribution in [0.5, 0.6) is 0 Å². The second-order valence-corrected chi connectivity index (χ2v) is 21.6. The molecule has 14 heteroatoms. The number of hydrogen-bond donors (Lipinski definition) is 2. The largest absolute Gasteiger partial charge is 0.512 e. The van der Waals surface area contributed by atoms with E-state index in [4.69, 9.17) is 29.0 Å². The molecule has 404 valence electrons. The summed E-state index contributed by atoms with van der Waals surface area (Å²) in [7, 11) is 0. The number of thiophene rings is 2. The monoisotopic (exact) mass is 1440 g/mol. The van der Waals surface area contributed by atoms with Crippen LogP contribution in [-0.4, -0.2) is 41.7 Å². The molecule has 0 saturated carbocycles. The standard InChI is InChI=1S/C28H21N2OS.C27H19N2OS.2C5H8O2.2Ir/c1-15-10-16(2)26(17(3)11-15)25-12-19-14-29-23(13-24(19)32-25)22-7-5-6-20-21-9-8-18(4)30-28(21)31-27(20)22;1-15-9-16(2)11-18(10-15)24-12-19-14-28-23(13-25(19)31-24)22-6-4-5-20-21-8-7-17(3)29-27(21)30-26(20)22;2*1-4(6)3-5(2)7;;/h5-6,8-14H,1-4H3;4-5,7-14H,1-3H3;2*3,6H,1-2H3;;/q2*-1;;;;. The normalized spacial score (nSPS) is 11.4. The molecule has 0 unspecified atom stereocenters. The van der Waals surface area contributed by atoms with E-state index in [1.807, 2.05) is 74.0 Å². The molecular formula is C65H56Ir2N4O6S2-2. The Labute approximate surface area is 493 Å². The van der Waals surface area contributed by atoms with Gasteiger partial charge in [-0.25, -0.2) is 9.97 Å². The summed E-state index contributed by atoms with van der Waals surface area (Å²) in [4.78, 5) is 41.2. The SMILES string of the molecule is CC(=O)C=C(C)O.CC(=O)C=C(C)O.Cc1cc(C)c(-c2cc3cnc(-c4[c-]ccc5c4oc4nc(C)ccc45)cc3s2)c(C)c1.Cc1cc(C)cc(-c2cc3cnc(-c4[c-]ccc5c4oc4nc(C)ccc45)cc3s2)c1.[Ir].[Ir]. The second-order valence-electron chi connectivity index (χ2n) is 19.4. The van der Waals surface area contributed by atoms with Gasteiger partial charge in [-0.2, -0.15) is 0 Å². The van der Waals surface area contributed by atoms with Crippen LogP contribution in [-0.2, 0) is 49.8 Å². The molecule has 2 N–H and O–H groups in total. The Kier molecular flexibility index (Phi) is 19.0. The summed E-state index contributed by atoms with van der Waals surface area (Å²) in [5.41, 5.74) is 17.3. The molecular weight excluding hydrogens is 1380 g/mol. The number of fused-ring (bicyclic) bond motifs is 8. The molecule has 12 aromatic rings. The summed E-state index contributed by atoms with van der Waals surface area (Å²) in [6, 6.07) is 42.8. The second kappa shape index (κ2) is 25.2. The van der Waals surface area contributed by atoms with Gasteiger partial charge in [0.15, 0.2) is 11.6 Å². The van der Waals surface area contributed by atoms with Crippen LogP contribution >= 0.6 is 22.7 Å². The molecule has 0 fully saturated rings. The van der Waals surface area contributed by atoms with E-state index < -0.39 is 0 Å².